The maximum atomic E-state index is 13.6. The van der Waals surface area contributed by atoms with Gasteiger partial charge in [0.2, 0.25) is 10.0 Å². The first-order valence-corrected chi connectivity index (χ1v) is 9.83. The number of amides is 1. The second-order valence-electron chi connectivity index (χ2n) is 5.15. The molecule has 0 saturated heterocycles. The summed E-state index contributed by atoms with van der Waals surface area (Å²) in [6, 6.07) is 8.10. The van der Waals surface area contributed by atoms with Gasteiger partial charge in [0.1, 0.15) is 28.3 Å². The van der Waals surface area contributed by atoms with Gasteiger partial charge in [0.25, 0.3) is 5.91 Å². The molecule has 8 nitrogen and oxygen atoms in total. The second-order valence-corrected chi connectivity index (χ2v) is 7.80. The molecule has 1 atom stereocenters. The van der Waals surface area contributed by atoms with Crippen molar-refractivity contribution in [3.8, 4) is 6.07 Å². The smallest absolute Gasteiger partial charge is 0.321 e. The van der Waals surface area contributed by atoms with Crippen molar-refractivity contribution in [2.45, 2.75) is 17.9 Å². The fourth-order valence-electron chi connectivity index (χ4n) is 1.89. The number of ether oxygens (including phenoxy) is 1. The second kappa shape index (κ2) is 8.72. The number of thiophene rings is 1. The van der Waals surface area contributed by atoms with E-state index in [1.165, 1.54) is 25.1 Å². The van der Waals surface area contributed by atoms with Crippen molar-refractivity contribution in [1.29, 1.82) is 5.26 Å². The predicted octanol–water partition coefficient (Wildman–Crippen LogP) is 1.61. The third-order valence-corrected chi connectivity index (χ3v) is 5.50. The van der Waals surface area contributed by atoms with E-state index in [0.29, 0.717) is 5.00 Å². The summed E-state index contributed by atoms with van der Waals surface area (Å²) in [5, 5.41) is 13.3. The highest BCUT2D eigenvalue weighted by molar-refractivity contribution is 7.89. The number of esters is 1. The van der Waals surface area contributed by atoms with Crippen molar-refractivity contribution in [2.75, 3.05) is 11.9 Å². The van der Waals surface area contributed by atoms with Crippen LogP contribution in [0.15, 0.2) is 40.6 Å². The van der Waals surface area contributed by atoms with Gasteiger partial charge in [-0.2, -0.15) is 9.98 Å². The maximum Gasteiger partial charge on any atom is 0.321 e. The fourth-order valence-corrected chi connectivity index (χ4v) is 3.68. The Morgan fingerprint density at radius 1 is 1.33 bits per heavy atom. The SMILES string of the molecule is C[C@H](OC(=O)CNS(=O)(=O)c1ccccc1F)C(=O)Nc1sccc1C#N. The van der Waals surface area contributed by atoms with Crippen LogP contribution in [0, 0.1) is 17.1 Å². The zero-order valence-electron chi connectivity index (χ0n) is 13.9. The van der Waals surface area contributed by atoms with Crippen LogP contribution in [0.2, 0.25) is 0 Å². The molecule has 0 bridgehead atoms. The molecule has 0 aliphatic carbocycles. The van der Waals surface area contributed by atoms with Gasteiger partial charge in [-0.3, -0.25) is 9.59 Å². The standard InChI is InChI=1S/C16H14FN3O5S2/c1-10(15(22)20-16-11(8-18)6-7-26-16)25-14(21)9-19-27(23,24)13-5-3-2-4-12(13)17/h2-7,10,19H,9H2,1H3,(H,20,22)/t10-/m0/s1. The summed E-state index contributed by atoms with van der Waals surface area (Å²) in [5.74, 6) is -2.67. The molecule has 0 saturated carbocycles. The highest BCUT2D eigenvalue weighted by atomic mass is 32.2. The molecule has 0 aliphatic heterocycles. The van der Waals surface area contributed by atoms with Gasteiger partial charge in [0.05, 0.1) is 5.56 Å². The van der Waals surface area contributed by atoms with Crippen LogP contribution < -0.4 is 10.0 Å². The van der Waals surface area contributed by atoms with Crippen LogP contribution in [0.3, 0.4) is 0 Å². The van der Waals surface area contributed by atoms with Crippen LogP contribution in [0.5, 0.6) is 0 Å². The predicted molar refractivity (Wildman–Crippen MR) is 94.8 cm³/mol. The maximum absolute atomic E-state index is 13.6. The first kappa shape index (κ1) is 20.5. The summed E-state index contributed by atoms with van der Waals surface area (Å²) < 4.78 is 44.3. The molecule has 2 rings (SSSR count). The number of nitriles is 1. The summed E-state index contributed by atoms with van der Waals surface area (Å²) in [5.41, 5.74) is 0.268. The highest BCUT2D eigenvalue weighted by Crippen LogP contribution is 2.22. The molecule has 0 fully saturated rings. The quantitative estimate of drug-likeness (QED) is 0.667. The first-order valence-electron chi connectivity index (χ1n) is 7.46. The first-order chi connectivity index (χ1) is 12.7. The van der Waals surface area contributed by atoms with Crippen LogP contribution in [0.4, 0.5) is 9.39 Å². The molecular formula is C16H14FN3O5S2. The highest BCUT2D eigenvalue weighted by Gasteiger charge is 2.23. The minimum absolute atomic E-state index is 0.268. The van der Waals surface area contributed by atoms with E-state index in [9.17, 15) is 22.4 Å². The lowest BCUT2D eigenvalue weighted by molar-refractivity contribution is -0.151. The normalized spacial score (nSPS) is 12.0. The third-order valence-electron chi connectivity index (χ3n) is 3.23. The molecule has 0 radical (unpaired) electrons. The van der Waals surface area contributed by atoms with Gasteiger partial charge in [-0.25, -0.2) is 12.8 Å². The Hall–Kier alpha value is -2.81. The Morgan fingerprint density at radius 2 is 2.04 bits per heavy atom. The van der Waals surface area contributed by atoms with E-state index in [1.54, 1.807) is 5.38 Å². The topological polar surface area (TPSA) is 125 Å². The zero-order chi connectivity index (χ0) is 20.0. The summed E-state index contributed by atoms with van der Waals surface area (Å²) in [4.78, 5) is 23.2. The van der Waals surface area contributed by atoms with Crippen LogP contribution in [-0.4, -0.2) is 32.9 Å². The molecule has 0 spiro atoms. The molecule has 2 N–H and O–H groups in total. The van der Waals surface area contributed by atoms with Crippen molar-refractivity contribution in [1.82, 2.24) is 4.72 Å². The van der Waals surface area contributed by atoms with Crippen LogP contribution in [-0.2, 0) is 24.3 Å². The van der Waals surface area contributed by atoms with Gasteiger partial charge in [-0.1, -0.05) is 12.1 Å². The number of hydrogen-bond donors (Lipinski definition) is 2. The monoisotopic (exact) mass is 411 g/mol. The van der Waals surface area contributed by atoms with E-state index in [1.807, 2.05) is 10.8 Å². The lowest BCUT2D eigenvalue weighted by atomic mass is 10.3. The van der Waals surface area contributed by atoms with Gasteiger partial charge in [-0.15, -0.1) is 11.3 Å². The minimum Gasteiger partial charge on any atom is -0.452 e. The van der Waals surface area contributed by atoms with E-state index in [4.69, 9.17) is 10.00 Å². The van der Waals surface area contributed by atoms with Gasteiger partial charge in [0.15, 0.2) is 6.10 Å². The summed E-state index contributed by atoms with van der Waals surface area (Å²) in [6.45, 7) is 0.509. The zero-order valence-corrected chi connectivity index (χ0v) is 15.6. The Labute approximate surface area is 158 Å². The van der Waals surface area contributed by atoms with E-state index in [2.05, 4.69) is 5.32 Å². The average Bonchev–Trinajstić information content (AvgIpc) is 3.07. The molecule has 11 heteroatoms. The fraction of sp³-hybridized carbons (Fsp3) is 0.188. The van der Waals surface area contributed by atoms with Gasteiger partial charge >= 0.3 is 5.97 Å². The number of carbonyl (C=O) groups excluding carboxylic acids is 2. The summed E-state index contributed by atoms with van der Waals surface area (Å²) >= 11 is 1.13. The number of carbonyl (C=O) groups is 2. The van der Waals surface area contributed by atoms with Crippen molar-refractivity contribution < 1.29 is 27.1 Å². The molecule has 0 unspecified atom stereocenters. The lowest BCUT2D eigenvalue weighted by Crippen LogP contribution is -2.36. The lowest BCUT2D eigenvalue weighted by Gasteiger charge is -2.13. The number of anilines is 1. The average molecular weight is 411 g/mol. The van der Waals surface area contributed by atoms with Crippen molar-refractivity contribution in [2.24, 2.45) is 0 Å². The van der Waals surface area contributed by atoms with Crippen LogP contribution in [0.1, 0.15) is 12.5 Å². The number of benzene rings is 1. The van der Waals surface area contributed by atoms with Crippen molar-refractivity contribution >= 4 is 38.2 Å². The molecule has 0 aliphatic rings. The number of hydrogen-bond acceptors (Lipinski definition) is 7. The molecule has 1 aromatic carbocycles. The Bertz CT molecular complexity index is 997. The summed E-state index contributed by atoms with van der Waals surface area (Å²) in [7, 11) is -4.25. The van der Waals surface area contributed by atoms with E-state index >= 15 is 0 Å². The van der Waals surface area contributed by atoms with Crippen molar-refractivity contribution in [3.05, 3.63) is 47.1 Å². The van der Waals surface area contributed by atoms with E-state index in [-0.39, 0.29) is 5.56 Å². The van der Waals surface area contributed by atoms with Gasteiger partial charge < -0.3 is 10.1 Å². The molecule has 1 amide bonds. The number of nitrogens with zero attached hydrogens (tertiary/aromatic N) is 1. The van der Waals surface area contributed by atoms with E-state index in [0.717, 1.165) is 23.5 Å². The summed E-state index contributed by atoms with van der Waals surface area (Å²) in [6.07, 6.45) is -1.23. The molecule has 2 aromatic rings. The number of nitrogens with one attached hydrogen (secondary N) is 2. The Morgan fingerprint density at radius 3 is 2.70 bits per heavy atom. The van der Waals surface area contributed by atoms with Crippen LogP contribution in [0.25, 0.3) is 0 Å². The molecule has 142 valence electrons. The number of rotatable bonds is 7. The van der Waals surface area contributed by atoms with Gasteiger partial charge in [0, 0.05) is 0 Å². The van der Waals surface area contributed by atoms with E-state index < -0.39 is 45.3 Å². The molecule has 1 aromatic heterocycles. The largest absolute Gasteiger partial charge is 0.452 e. The van der Waals surface area contributed by atoms with Crippen LogP contribution >= 0.6 is 11.3 Å². The van der Waals surface area contributed by atoms with Crippen molar-refractivity contribution in [3.63, 3.8) is 0 Å². The van der Waals surface area contributed by atoms with Gasteiger partial charge in [-0.05, 0) is 30.5 Å². The molecule has 27 heavy (non-hydrogen) atoms. The molecule has 1 heterocycles. The minimum atomic E-state index is -4.25. The molecular weight excluding hydrogens is 397 g/mol. The third kappa shape index (κ3) is 5.33. The number of sulfonamides is 1. The Kier molecular flexibility index (Phi) is 6.62. The number of halogens is 1. The Balaban J connectivity index is 1.90.